The monoisotopic (exact) mass is 305 g/mol. The largest absolute Gasteiger partial charge is 0.496 e. The molecule has 0 unspecified atom stereocenters. The van der Waals surface area contributed by atoms with Gasteiger partial charge in [-0.25, -0.2) is 8.42 Å². The molecule has 0 saturated heterocycles. The molecule has 0 atom stereocenters. The Morgan fingerprint density at radius 3 is 2.80 bits per heavy atom. The van der Waals surface area contributed by atoms with Crippen LogP contribution in [0.5, 0.6) is 5.75 Å². The fourth-order valence-electron chi connectivity index (χ4n) is 1.49. The highest BCUT2D eigenvalue weighted by molar-refractivity contribution is 7.90. The Hall–Kier alpha value is -1.60. The third kappa shape index (κ3) is 4.50. The maximum Gasteiger partial charge on any atom is 0.255 e. The Morgan fingerprint density at radius 1 is 1.45 bits per heavy atom. The zero-order chi connectivity index (χ0) is 19.5. The Morgan fingerprint density at radius 2 is 2.20 bits per heavy atom. The summed E-state index contributed by atoms with van der Waals surface area (Å²) in [7, 11) is -2.17. The number of sulfone groups is 1. The van der Waals surface area contributed by atoms with Crippen molar-refractivity contribution >= 4 is 15.7 Å². The number of carbonyl (C=O) groups excluding carboxylic acids is 1. The van der Waals surface area contributed by atoms with Gasteiger partial charge in [0.25, 0.3) is 5.91 Å². The summed E-state index contributed by atoms with van der Waals surface area (Å²) < 4.78 is 64.2. The van der Waals surface area contributed by atoms with Gasteiger partial charge in [0.15, 0.2) is 9.84 Å². The molecule has 0 heterocycles. The van der Waals surface area contributed by atoms with Gasteiger partial charge in [-0.2, -0.15) is 0 Å². The lowest BCUT2D eigenvalue weighted by Crippen LogP contribution is -2.32. The molecule has 0 aliphatic heterocycles. The number of hydrogen-bond acceptors (Lipinski definition) is 5. The van der Waals surface area contributed by atoms with Crippen LogP contribution in [0, 0.1) is 0 Å². The summed E-state index contributed by atoms with van der Waals surface area (Å²) in [5, 5.41) is 4.65. The van der Waals surface area contributed by atoms with E-state index >= 15 is 0 Å². The van der Waals surface area contributed by atoms with Crippen LogP contribution in [0.2, 0.25) is 0 Å². The zero-order valence-electron chi connectivity index (χ0n) is 16.2. The van der Waals surface area contributed by atoms with Crippen LogP contribution in [-0.4, -0.2) is 47.3 Å². The summed E-state index contributed by atoms with van der Waals surface area (Å²) in [5.74, 6) is -0.450. The minimum Gasteiger partial charge on any atom is -0.496 e. The SMILES string of the molecule is [2H]C([2H])([2H])C([2H])([2H])NCCNC(=O)c1cc(S(C)(=O)=O)ccc1OC. The van der Waals surface area contributed by atoms with Gasteiger partial charge in [-0.1, -0.05) is 6.85 Å². The van der Waals surface area contributed by atoms with E-state index < -0.39 is 29.1 Å². The Kier molecular flexibility index (Phi) is 3.69. The van der Waals surface area contributed by atoms with Gasteiger partial charge < -0.3 is 15.4 Å². The van der Waals surface area contributed by atoms with Crippen molar-refractivity contribution in [3.05, 3.63) is 23.8 Å². The molecule has 2 N–H and O–H groups in total. The lowest BCUT2D eigenvalue weighted by Gasteiger charge is -2.11. The number of rotatable bonds is 7. The van der Waals surface area contributed by atoms with Gasteiger partial charge in [0.2, 0.25) is 0 Å². The Bertz CT molecular complexity index is 734. The van der Waals surface area contributed by atoms with Crippen LogP contribution >= 0.6 is 0 Å². The number of likely N-dealkylation sites (N-methyl/N-ethyl adjacent to an activating group) is 1. The maximum absolute atomic E-state index is 12.2. The molecule has 7 heteroatoms. The fraction of sp³-hybridized carbons (Fsp3) is 0.462. The lowest BCUT2D eigenvalue weighted by atomic mass is 10.2. The van der Waals surface area contributed by atoms with Crippen LogP contribution in [-0.2, 0) is 9.84 Å². The van der Waals surface area contributed by atoms with Gasteiger partial charge in [0.05, 0.1) is 17.6 Å². The second-order valence-corrected chi connectivity index (χ2v) is 5.96. The molecule has 0 fully saturated rings. The minimum absolute atomic E-state index is 0.00394. The van der Waals surface area contributed by atoms with Crippen molar-refractivity contribution in [2.75, 3.05) is 33.0 Å². The van der Waals surface area contributed by atoms with Gasteiger partial charge in [-0.3, -0.25) is 4.79 Å². The average Bonchev–Trinajstić information content (AvgIpc) is 2.48. The van der Waals surface area contributed by atoms with E-state index in [1.165, 1.54) is 25.3 Å². The van der Waals surface area contributed by atoms with E-state index in [4.69, 9.17) is 11.6 Å². The van der Waals surface area contributed by atoms with Crippen LogP contribution in [0.25, 0.3) is 0 Å². The molecule has 0 aromatic heterocycles. The number of carbonyl (C=O) groups is 1. The third-order valence-electron chi connectivity index (χ3n) is 2.47. The van der Waals surface area contributed by atoms with Crippen molar-refractivity contribution in [2.24, 2.45) is 0 Å². The molecule has 1 aromatic rings. The number of hydrogen-bond donors (Lipinski definition) is 2. The first kappa shape index (κ1) is 10.2. The van der Waals surface area contributed by atoms with Crippen molar-refractivity contribution in [3.63, 3.8) is 0 Å². The number of amides is 1. The van der Waals surface area contributed by atoms with Crippen LogP contribution in [0.15, 0.2) is 23.1 Å². The van der Waals surface area contributed by atoms with Gasteiger partial charge in [0.1, 0.15) is 5.75 Å². The fourth-order valence-corrected chi connectivity index (χ4v) is 2.14. The summed E-state index contributed by atoms with van der Waals surface area (Å²) >= 11 is 0. The highest BCUT2D eigenvalue weighted by Crippen LogP contribution is 2.22. The molecule has 20 heavy (non-hydrogen) atoms. The molecule has 1 rings (SSSR count). The number of ether oxygens (including phenoxy) is 1. The number of methoxy groups -OCH3 is 1. The predicted molar refractivity (Wildman–Crippen MR) is 77.0 cm³/mol. The second-order valence-electron chi connectivity index (χ2n) is 3.94. The summed E-state index contributed by atoms with van der Waals surface area (Å²) in [6, 6.07) is 3.85. The first-order valence-corrected chi connectivity index (χ1v) is 7.60. The van der Waals surface area contributed by atoms with Gasteiger partial charge in [-0.05, 0) is 24.7 Å². The van der Waals surface area contributed by atoms with E-state index in [1.807, 2.05) is 0 Å². The smallest absolute Gasteiger partial charge is 0.255 e. The van der Waals surface area contributed by atoms with E-state index in [0.717, 1.165) is 6.26 Å². The molecule has 1 aromatic carbocycles. The molecule has 0 bridgehead atoms. The van der Waals surface area contributed by atoms with Crippen molar-refractivity contribution in [1.82, 2.24) is 10.6 Å². The Labute approximate surface area is 126 Å². The molecule has 6 nitrogen and oxygen atoms in total. The summed E-state index contributed by atoms with van der Waals surface area (Å²) in [4.78, 5) is 12.2. The van der Waals surface area contributed by atoms with E-state index in [9.17, 15) is 13.2 Å². The number of benzene rings is 1. The zero-order valence-corrected chi connectivity index (χ0v) is 12.0. The standard InChI is InChI=1S/C13H20N2O4S/c1-4-14-7-8-15-13(16)11-9-10(20(3,17)18)5-6-12(11)19-2/h5-6,9,14H,4,7-8H2,1-3H3,(H,15,16)/i1D3,4D2. The van der Waals surface area contributed by atoms with Crippen molar-refractivity contribution in [3.8, 4) is 5.75 Å². The van der Waals surface area contributed by atoms with Crippen molar-refractivity contribution in [1.29, 1.82) is 0 Å². The molecule has 1 amide bonds. The Balaban J connectivity index is 2.78. The van der Waals surface area contributed by atoms with Gasteiger partial charge >= 0.3 is 0 Å². The lowest BCUT2D eigenvalue weighted by molar-refractivity contribution is 0.0950. The predicted octanol–water partition coefficient (Wildman–Crippen LogP) is 0.438. The molecular weight excluding hydrogens is 280 g/mol. The molecule has 0 aliphatic rings. The molecule has 0 saturated carbocycles. The topological polar surface area (TPSA) is 84.5 Å². The number of nitrogens with one attached hydrogen (secondary N) is 2. The quantitative estimate of drug-likeness (QED) is 0.714. The van der Waals surface area contributed by atoms with Gasteiger partial charge in [0, 0.05) is 26.2 Å². The van der Waals surface area contributed by atoms with Crippen LogP contribution in [0.3, 0.4) is 0 Å². The summed E-state index contributed by atoms with van der Waals surface area (Å²) in [5.41, 5.74) is 0.00394. The first-order valence-electron chi connectivity index (χ1n) is 8.21. The summed E-state index contributed by atoms with van der Waals surface area (Å²) in [6.45, 7) is -5.64. The van der Waals surface area contributed by atoms with Crippen LogP contribution in [0.1, 0.15) is 24.1 Å². The maximum atomic E-state index is 12.2. The van der Waals surface area contributed by atoms with Crippen LogP contribution < -0.4 is 15.4 Å². The van der Waals surface area contributed by atoms with E-state index in [1.54, 1.807) is 0 Å². The molecular formula is C13H20N2O4S. The molecule has 112 valence electrons. The third-order valence-corrected chi connectivity index (χ3v) is 3.58. The second kappa shape index (κ2) is 7.25. The van der Waals surface area contributed by atoms with Crippen molar-refractivity contribution < 1.29 is 24.8 Å². The van der Waals surface area contributed by atoms with E-state index in [0.29, 0.717) is 0 Å². The highest BCUT2D eigenvalue weighted by Gasteiger charge is 2.16. The van der Waals surface area contributed by atoms with Crippen LogP contribution in [0.4, 0.5) is 0 Å². The van der Waals surface area contributed by atoms with Gasteiger partial charge in [-0.15, -0.1) is 0 Å². The average molecular weight is 305 g/mol. The molecule has 0 aliphatic carbocycles. The van der Waals surface area contributed by atoms with E-state index in [-0.39, 0.29) is 29.3 Å². The molecule has 0 spiro atoms. The molecule has 0 radical (unpaired) electrons. The minimum atomic E-state index is -3.50. The first-order chi connectivity index (χ1) is 11.3. The van der Waals surface area contributed by atoms with E-state index in [2.05, 4.69) is 10.6 Å². The normalized spacial score (nSPS) is 16.2. The highest BCUT2D eigenvalue weighted by atomic mass is 32.2. The summed E-state index contributed by atoms with van der Waals surface area (Å²) in [6.07, 6.45) is 1.01. The van der Waals surface area contributed by atoms with Crippen molar-refractivity contribution in [2.45, 2.75) is 11.7 Å².